The molecule has 1 aromatic carbocycles. The molecular weight excluding hydrogens is 256 g/mol. The second kappa shape index (κ2) is 6.27. The molecule has 1 aromatic rings. The molecule has 1 atom stereocenters. The van der Waals surface area contributed by atoms with Crippen LogP contribution in [0.3, 0.4) is 0 Å². The predicted molar refractivity (Wildman–Crippen MR) is 57.9 cm³/mol. The van der Waals surface area contributed by atoms with Crippen LogP contribution in [0.15, 0.2) is 18.2 Å². The van der Waals surface area contributed by atoms with E-state index < -0.39 is 29.4 Å². The van der Waals surface area contributed by atoms with E-state index in [9.17, 15) is 18.4 Å². The quantitative estimate of drug-likeness (QED) is 0.504. The number of esters is 1. The number of ketones is 1. The lowest BCUT2D eigenvalue weighted by molar-refractivity contribution is -0.140. The van der Waals surface area contributed by atoms with Crippen molar-refractivity contribution in [1.29, 1.82) is 0 Å². The number of ether oxygens (including phenoxy) is 1. The molecule has 1 rings (SSSR count). The average molecular weight is 266 g/mol. The Bertz CT molecular complexity index is 440. The SMILES string of the molecule is COC(=O)C(N)C(=O)c1ccc(F)c(F)c1.Cl. The zero-order valence-corrected chi connectivity index (χ0v) is 9.59. The van der Waals surface area contributed by atoms with Gasteiger partial charge in [0.25, 0.3) is 0 Å². The molecule has 94 valence electrons. The molecule has 0 spiro atoms. The second-order valence-corrected chi connectivity index (χ2v) is 2.99. The summed E-state index contributed by atoms with van der Waals surface area (Å²) in [6.07, 6.45) is 0. The molecule has 0 aliphatic carbocycles. The molecule has 0 bridgehead atoms. The molecule has 0 fully saturated rings. The smallest absolute Gasteiger partial charge is 0.330 e. The number of carbonyl (C=O) groups is 2. The van der Waals surface area contributed by atoms with Gasteiger partial charge in [0, 0.05) is 5.56 Å². The Kier molecular flexibility index (Phi) is 5.70. The van der Waals surface area contributed by atoms with Crippen LogP contribution in [0.4, 0.5) is 8.78 Å². The third-order valence-electron chi connectivity index (χ3n) is 1.94. The third kappa shape index (κ3) is 3.47. The van der Waals surface area contributed by atoms with E-state index in [-0.39, 0.29) is 18.0 Å². The summed E-state index contributed by atoms with van der Waals surface area (Å²) < 4.78 is 29.6. The number of benzene rings is 1. The molecule has 0 saturated heterocycles. The molecule has 17 heavy (non-hydrogen) atoms. The Morgan fingerprint density at radius 1 is 1.29 bits per heavy atom. The highest BCUT2D eigenvalue weighted by molar-refractivity contribution is 6.11. The summed E-state index contributed by atoms with van der Waals surface area (Å²) in [6.45, 7) is 0. The average Bonchev–Trinajstić information content (AvgIpc) is 2.29. The van der Waals surface area contributed by atoms with Crippen LogP contribution in [0, 0.1) is 11.6 Å². The first-order chi connectivity index (χ1) is 7.47. The molecule has 0 aromatic heterocycles. The standard InChI is InChI=1S/C10H9F2NO3.ClH/c1-16-10(15)8(13)9(14)5-2-3-6(11)7(12)4-5;/h2-4,8H,13H2,1H3;1H. The number of hydrogen-bond donors (Lipinski definition) is 1. The maximum Gasteiger partial charge on any atom is 0.330 e. The van der Waals surface area contributed by atoms with Gasteiger partial charge in [-0.3, -0.25) is 4.79 Å². The Morgan fingerprint density at radius 3 is 2.35 bits per heavy atom. The summed E-state index contributed by atoms with van der Waals surface area (Å²) in [5.74, 6) is -4.02. The van der Waals surface area contributed by atoms with Gasteiger partial charge in [0.2, 0.25) is 0 Å². The lowest BCUT2D eigenvalue weighted by atomic mass is 10.0. The summed E-state index contributed by atoms with van der Waals surface area (Å²) >= 11 is 0. The zero-order valence-electron chi connectivity index (χ0n) is 8.78. The van der Waals surface area contributed by atoms with Gasteiger partial charge in [0.15, 0.2) is 23.5 Å². The number of rotatable bonds is 3. The number of nitrogens with two attached hydrogens (primary N) is 1. The Balaban J connectivity index is 0.00000256. The number of methoxy groups -OCH3 is 1. The molecule has 2 N–H and O–H groups in total. The minimum atomic E-state index is -1.53. The largest absolute Gasteiger partial charge is 0.468 e. The number of hydrogen-bond acceptors (Lipinski definition) is 4. The van der Waals surface area contributed by atoms with E-state index in [1.54, 1.807) is 0 Å². The predicted octanol–water partition coefficient (Wildman–Crippen LogP) is 1.07. The first kappa shape index (κ1) is 15.5. The van der Waals surface area contributed by atoms with Gasteiger partial charge in [-0.2, -0.15) is 0 Å². The maximum absolute atomic E-state index is 12.8. The molecular formula is C10H10ClF2NO3. The van der Waals surface area contributed by atoms with Crippen LogP contribution in [0.1, 0.15) is 10.4 Å². The van der Waals surface area contributed by atoms with Gasteiger partial charge in [0.1, 0.15) is 0 Å². The van der Waals surface area contributed by atoms with E-state index in [1.165, 1.54) is 0 Å². The van der Waals surface area contributed by atoms with Crippen LogP contribution < -0.4 is 5.73 Å². The highest BCUT2D eigenvalue weighted by atomic mass is 35.5. The Hall–Kier alpha value is -1.53. The fraction of sp³-hybridized carbons (Fsp3) is 0.200. The van der Waals surface area contributed by atoms with E-state index >= 15 is 0 Å². The van der Waals surface area contributed by atoms with Crippen LogP contribution >= 0.6 is 12.4 Å². The van der Waals surface area contributed by atoms with Gasteiger partial charge < -0.3 is 10.5 Å². The Morgan fingerprint density at radius 2 is 1.88 bits per heavy atom. The van der Waals surface area contributed by atoms with Crippen molar-refractivity contribution < 1.29 is 23.1 Å². The van der Waals surface area contributed by atoms with E-state index in [1.807, 2.05) is 0 Å². The summed E-state index contributed by atoms with van der Waals surface area (Å²) in [4.78, 5) is 22.4. The van der Waals surface area contributed by atoms with Crippen molar-refractivity contribution in [3.63, 3.8) is 0 Å². The van der Waals surface area contributed by atoms with E-state index in [0.717, 1.165) is 19.2 Å². The molecule has 0 amide bonds. The van der Waals surface area contributed by atoms with Crippen molar-refractivity contribution in [2.75, 3.05) is 7.11 Å². The topological polar surface area (TPSA) is 69.4 Å². The number of halogens is 3. The third-order valence-corrected chi connectivity index (χ3v) is 1.94. The van der Waals surface area contributed by atoms with Gasteiger partial charge in [0.05, 0.1) is 7.11 Å². The van der Waals surface area contributed by atoms with Crippen molar-refractivity contribution >= 4 is 24.2 Å². The Labute approximate surface area is 102 Å². The van der Waals surface area contributed by atoms with E-state index in [4.69, 9.17) is 5.73 Å². The summed E-state index contributed by atoms with van der Waals surface area (Å²) in [7, 11) is 1.07. The van der Waals surface area contributed by atoms with Crippen LogP contribution in [0.2, 0.25) is 0 Å². The van der Waals surface area contributed by atoms with Gasteiger partial charge in [-0.1, -0.05) is 0 Å². The monoisotopic (exact) mass is 265 g/mol. The zero-order chi connectivity index (χ0) is 12.3. The van der Waals surface area contributed by atoms with E-state index in [2.05, 4.69) is 4.74 Å². The fourth-order valence-corrected chi connectivity index (χ4v) is 1.06. The first-order valence-electron chi connectivity index (χ1n) is 4.30. The number of carbonyl (C=O) groups excluding carboxylic acids is 2. The van der Waals surface area contributed by atoms with Crippen molar-refractivity contribution in [3.8, 4) is 0 Å². The highest BCUT2D eigenvalue weighted by Gasteiger charge is 2.24. The van der Waals surface area contributed by atoms with Crippen LogP contribution in [-0.2, 0) is 9.53 Å². The van der Waals surface area contributed by atoms with Crippen LogP contribution in [0.25, 0.3) is 0 Å². The van der Waals surface area contributed by atoms with Crippen LogP contribution in [0.5, 0.6) is 0 Å². The van der Waals surface area contributed by atoms with Crippen molar-refractivity contribution in [2.24, 2.45) is 5.73 Å². The summed E-state index contributed by atoms with van der Waals surface area (Å²) in [5, 5.41) is 0. The molecule has 0 aliphatic rings. The summed E-state index contributed by atoms with van der Waals surface area (Å²) in [6, 6.07) is 0.978. The van der Waals surface area contributed by atoms with Crippen LogP contribution in [-0.4, -0.2) is 24.9 Å². The van der Waals surface area contributed by atoms with Crippen molar-refractivity contribution in [1.82, 2.24) is 0 Å². The molecule has 4 nitrogen and oxygen atoms in total. The lowest BCUT2D eigenvalue weighted by Crippen LogP contribution is -2.39. The molecule has 7 heteroatoms. The van der Waals surface area contributed by atoms with Gasteiger partial charge >= 0.3 is 5.97 Å². The molecule has 0 heterocycles. The van der Waals surface area contributed by atoms with Crippen molar-refractivity contribution in [2.45, 2.75) is 6.04 Å². The minimum Gasteiger partial charge on any atom is -0.468 e. The molecule has 1 unspecified atom stereocenters. The van der Waals surface area contributed by atoms with Gasteiger partial charge in [-0.05, 0) is 18.2 Å². The highest BCUT2D eigenvalue weighted by Crippen LogP contribution is 2.10. The first-order valence-corrected chi connectivity index (χ1v) is 4.30. The van der Waals surface area contributed by atoms with Gasteiger partial charge in [-0.15, -0.1) is 12.4 Å². The minimum absolute atomic E-state index is 0. The normalized spacial score (nSPS) is 11.3. The summed E-state index contributed by atoms with van der Waals surface area (Å²) in [5.41, 5.74) is 5.07. The molecule has 0 saturated carbocycles. The van der Waals surface area contributed by atoms with Crippen molar-refractivity contribution in [3.05, 3.63) is 35.4 Å². The van der Waals surface area contributed by atoms with E-state index in [0.29, 0.717) is 6.07 Å². The molecule has 0 aliphatic heterocycles. The molecule has 0 radical (unpaired) electrons. The maximum atomic E-state index is 12.8. The second-order valence-electron chi connectivity index (χ2n) is 2.99. The lowest BCUT2D eigenvalue weighted by Gasteiger charge is -2.08. The fourth-order valence-electron chi connectivity index (χ4n) is 1.06. The van der Waals surface area contributed by atoms with Gasteiger partial charge in [-0.25, -0.2) is 13.6 Å². The number of Topliss-reactive ketones (excluding diaryl/α,β-unsaturated/α-hetero) is 1.